The van der Waals surface area contributed by atoms with E-state index in [4.69, 9.17) is 5.21 Å². The molecule has 10 heteroatoms. The van der Waals surface area contributed by atoms with Gasteiger partial charge in [0.2, 0.25) is 11.8 Å². The van der Waals surface area contributed by atoms with Gasteiger partial charge in [-0.2, -0.15) is 5.26 Å². The summed E-state index contributed by atoms with van der Waals surface area (Å²) < 4.78 is 13.2. The number of benzene rings is 2. The van der Waals surface area contributed by atoms with Gasteiger partial charge < -0.3 is 10.6 Å². The summed E-state index contributed by atoms with van der Waals surface area (Å²) in [5, 5.41) is 24.0. The standard InChI is InChI=1S/C20H15FN4O4S/c21-13-3-1-12(2-4-13)16-9-18(26)24-20(17(16)10-22)30-11-19(27)23-14-5-7-15(8-6-14)25(28)29/h1-8,16H,9,11H2,(H2-,23,24,26,27,28,29)/p+1. The van der Waals surface area contributed by atoms with E-state index < -0.39 is 17.6 Å². The molecule has 0 saturated carbocycles. The Labute approximate surface area is 174 Å². The molecule has 30 heavy (non-hydrogen) atoms. The Hall–Kier alpha value is -3.71. The fourth-order valence-electron chi connectivity index (χ4n) is 2.92. The Balaban J connectivity index is 1.70. The third-order valence-electron chi connectivity index (χ3n) is 4.35. The van der Waals surface area contributed by atoms with Crippen molar-refractivity contribution < 1.29 is 24.1 Å². The van der Waals surface area contributed by atoms with Gasteiger partial charge in [0, 0.05) is 30.2 Å². The van der Waals surface area contributed by atoms with Gasteiger partial charge in [0.25, 0.3) is 4.92 Å². The number of amides is 2. The Morgan fingerprint density at radius 3 is 2.53 bits per heavy atom. The minimum atomic E-state index is -0.518. The van der Waals surface area contributed by atoms with Crippen LogP contribution < -0.4 is 10.6 Å². The van der Waals surface area contributed by atoms with E-state index in [0.29, 0.717) is 16.8 Å². The maximum Gasteiger partial charge on any atom is 0.316 e. The van der Waals surface area contributed by atoms with Crippen molar-refractivity contribution in [2.45, 2.75) is 12.3 Å². The number of hydrogen-bond donors (Lipinski definition) is 3. The van der Waals surface area contributed by atoms with Crippen LogP contribution in [0, 0.1) is 22.1 Å². The highest BCUT2D eigenvalue weighted by Crippen LogP contribution is 2.36. The molecule has 2 amide bonds. The summed E-state index contributed by atoms with van der Waals surface area (Å²) in [5.74, 6) is -1.70. The second-order valence-corrected chi connectivity index (χ2v) is 7.35. The molecule has 152 valence electrons. The Morgan fingerprint density at radius 1 is 1.27 bits per heavy atom. The smallest absolute Gasteiger partial charge is 0.316 e. The number of halogens is 1. The van der Waals surface area contributed by atoms with Crippen LogP contribution in [0.3, 0.4) is 0 Å². The van der Waals surface area contributed by atoms with Crippen LogP contribution in [0.4, 0.5) is 15.8 Å². The average molecular weight is 427 g/mol. The molecular weight excluding hydrogens is 411 g/mol. The summed E-state index contributed by atoms with van der Waals surface area (Å²) in [5.41, 5.74) is 1.38. The molecule has 1 unspecified atom stereocenters. The zero-order chi connectivity index (χ0) is 21.7. The van der Waals surface area contributed by atoms with E-state index in [-0.39, 0.29) is 33.7 Å². The van der Waals surface area contributed by atoms with Crippen LogP contribution in [-0.2, 0) is 9.59 Å². The molecule has 0 fully saturated rings. The van der Waals surface area contributed by atoms with Crippen molar-refractivity contribution in [3.05, 3.63) is 75.4 Å². The molecule has 1 aliphatic rings. The van der Waals surface area contributed by atoms with Crippen LogP contribution in [0.25, 0.3) is 0 Å². The van der Waals surface area contributed by atoms with E-state index in [0.717, 1.165) is 11.8 Å². The number of anilines is 1. The van der Waals surface area contributed by atoms with Crippen molar-refractivity contribution in [1.82, 2.24) is 5.32 Å². The summed E-state index contributed by atoms with van der Waals surface area (Å²) in [6.07, 6.45) is 0.0543. The Morgan fingerprint density at radius 2 is 1.93 bits per heavy atom. The second-order valence-electron chi connectivity index (χ2n) is 6.37. The molecule has 8 nitrogen and oxygen atoms in total. The van der Waals surface area contributed by atoms with Gasteiger partial charge >= 0.3 is 5.69 Å². The maximum atomic E-state index is 13.2. The number of nitrogens with zero attached hydrogens (tertiary/aromatic N) is 2. The lowest BCUT2D eigenvalue weighted by Crippen LogP contribution is -2.31. The van der Waals surface area contributed by atoms with Crippen LogP contribution >= 0.6 is 11.8 Å². The van der Waals surface area contributed by atoms with E-state index in [2.05, 4.69) is 16.7 Å². The lowest BCUT2D eigenvalue weighted by molar-refractivity contribution is -0.729. The average Bonchev–Trinajstić information content (AvgIpc) is 2.72. The van der Waals surface area contributed by atoms with Crippen molar-refractivity contribution in [2.75, 3.05) is 11.1 Å². The van der Waals surface area contributed by atoms with Crippen LogP contribution in [-0.4, -0.2) is 27.7 Å². The Bertz CT molecular complexity index is 1060. The normalized spacial score (nSPS) is 15.9. The van der Waals surface area contributed by atoms with Crippen molar-refractivity contribution in [2.24, 2.45) is 0 Å². The molecular formula is C20H16FN4O4S+. The quantitative estimate of drug-likeness (QED) is 0.608. The summed E-state index contributed by atoms with van der Waals surface area (Å²) in [4.78, 5) is 34.8. The van der Waals surface area contributed by atoms with Gasteiger partial charge in [0.15, 0.2) is 0 Å². The topological polar surface area (TPSA) is 122 Å². The summed E-state index contributed by atoms with van der Waals surface area (Å²) in [7, 11) is 0. The first-order valence-corrected chi connectivity index (χ1v) is 9.74. The maximum absolute atomic E-state index is 13.2. The molecule has 3 rings (SSSR count). The molecule has 3 N–H and O–H groups in total. The SMILES string of the molecule is N#CC1=C(SCC(=O)Nc2ccc([N+](=O)O)cc2)NC(=O)CC1c1ccc(F)cc1. The molecule has 0 radical (unpaired) electrons. The largest absolute Gasteiger partial charge is 0.325 e. The molecule has 1 aliphatic heterocycles. The van der Waals surface area contributed by atoms with Gasteiger partial charge in [-0.1, -0.05) is 23.9 Å². The van der Waals surface area contributed by atoms with Gasteiger partial charge in [0.1, 0.15) is 5.82 Å². The minimum absolute atomic E-state index is 0.0166. The van der Waals surface area contributed by atoms with Crippen LogP contribution in [0.1, 0.15) is 17.9 Å². The monoisotopic (exact) mass is 427 g/mol. The molecule has 2 aromatic carbocycles. The first kappa shape index (κ1) is 21.0. The molecule has 0 aliphatic carbocycles. The number of nitrogens with one attached hydrogen (secondary N) is 2. The van der Waals surface area contributed by atoms with Crippen LogP contribution in [0.5, 0.6) is 0 Å². The summed E-state index contributed by atoms with van der Waals surface area (Å²) in [6, 6.07) is 13.3. The highest BCUT2D eigenvalue weighted by Gasteiger charge is 2.29. The van der Waals surface area contributed by atoms with Crippen molar-refractivity contribution >= 4 is 35.0 Å². The number of carbonyl (C=O) groups is 2. The summed E-state index contributed by atoms with van der Waals surface area (Å²) in [6.45, 7) is 0. The van der Waals surface area contributed by atoms with Gasteiger partial charge in [0.05, 0.1) is 27.3 Å². The fraction of sp³-hybridized carbons (Fsp3) is 0.150. The number of thioether (sulfide) groups is 1. The lowest BCUT2D eigenvalue weighted by Gasteiger charge is -2.25. The highest BCUT2D eigenvalue weighted by atomic mass is 32.2. The highest BCUT2D eigenvalue weighted by molar-refractivity contribution is 8.03. The van der Waals surface area contributed by atoms with E-state index in [1.807, 2.05) is 0 Å². The van der Waals surface area contributed by atoms with Crippen molar-refractivity contribution in [1.29, 1.82) is 5.26 Å². The van der Waals surface area contributed by atoms with Crippen molar-refractivity contribution in [3.8, 4) is 6.07 Å². The molecule has 0 spiro atoms. The third kappa shape index (κ3) is 5.01. The lowest BCUT2D eigenvalue weighted by atomic mass is 9.87. The summed E-state index contributed by atoms with van der Waals surface area (Å²) >= 11 is 1.01. The van der Waals surface area contributed by atoms with E-state index in [1.54, 1.807) is 0 Å². The number of allylic oxidation sites excluding steroid dienone is 1. The first-order valence-electron chi connectivity index (χ1n) is 8.76. The molecule has 0 aromatic heterocycles. The Kier molecular flexibility index (Phi) is 6.44. The number of carbonyl (C=O) groups excluding carboxylic acids is 2. The number of rotatable bonds is 6. The fourth-order valence-corrected chi connectivity index (χ4v) is 3.80. The number of nitriles is 1. The van der Waals surface area contributed by atoms with Crippen LogP contribution in [0.15, 0.2) is 59.1 Å². The van der Waals surface area contributed by atoms with E-state index in [9.17, 15) is 24.1 Å². The van der Waals surface area contributed by atoms with Gasteiger partial charge in [-0.15, -0.1) is 0 Å². The van der Waals surface area contributed by atoms with Crippen molar-refractivity contribution in [3.63, 3.8) is 0 Å². The zero-order valence-corrected chi connectivity index (χ0v) is 16.3. The third-order valence-corrected chi connectivity index (χ3v) is 5.37. The minimum Gasteiger partial charge on any atom is -0.325 e. The van der Waals surface area contributed by atoms with Crippen LogP contribution in [0.2, 0.25) is 0 Å². The molecule has 0 saturated heterocycles. The molecule has 0 bridgehead atoms. The predicted molar refractivity (Wildman–Crippen MR) is 107 cm³/mol. The predicted octanol–water partition coefficient (Wildman–Crippen LogP) is 3.34. The molecule has 1 heterocycles. The molecule has 2 aromatic rings. The second kappa shape index (κ2) is 9.19. The van der Waals surface area contributed by atoms with Gasteiger partial charge in [-0.25, -0.2) is 9.60 Å². The van der Waals surface area contributed by atoms with E-state index in [1.165, 1.54) is 48.5 Å². The van der Waals surface area contributed by atoms with Gasteiger partial charge in [-0.05, 0) is 29.8 Å². The zero-order valence-electron chi connectivity index (χ0n) is 15.5. The van der Waals surface area contributed by atoms with Gasteiger partial charge in [-0.3, -0.25) is 9.59 Å². The number of hydrogen-bond acceptors (Lipinski definition) is 5. The molecule has 1 atom stereocenters. The van der Waals surface area contributed by atoms with E-state index >= 15 is 0 Å². The first-order chi connectivity index (χ1) is 14.4.